The van der Waals surface area contributed by atoms with Crippen molar-refractivity contribution in [3.63, 3.8) is 0 Å². The summed E-state index contributed by atoms with van der Waals surface area (Å²) in [6.07, 6.45) is 1.80. The van der Waals surface area contributed by atoms with Gasteiger partial charge in [0.15, 0.2) is 17.3 Å². The van der Waals surface area contributed by atoms with E-state index in [1.54, 1.807) is 30.0 Å². The van der Waals surface area contributed by atoms with Gasteiger partial charge in [-0.3, -0.25) is 5.10 Å². The number of nitrogens with zero attached hydrogens (tertiary/aromatic N) is 2. The molecule has 0 saturated heterocycles. The van der Waals surface area contributed by atoms with Gasteiger partial charge in [-0.25, -0.2) is 4.68 Å². The van der Waals surface area contributed by atoms with Crippen LogP contribution in [0, 0.1) is 4.77 Å². The maximum Gasteiger partial charge on any atom is 0.214 e. The summed E-state index contributed by atoms with van der Waals surface area (Å²) in [6.45, 7) is 2.84. The minimum atomic E-state index is 0.218. The Kier molecular flexibility index (Phi) is 8.05. The van der Waals surface area contributed by atoms with E-state index in [9.17, 15) is 0 Å². The number of ether oxygens (including phenoxy) is 2. The molecule has 1 aromatic heterocycles. The molecular formula is C20H21BrCl2N4O2S. The lowest BCUT2D eigenvalue weighted by atomic mass is 10.2. The molecule has 10 heteroatoms. The van der Waals surface area contributed by atoms with Gasteiger partial charge in [0.05, 0.1) is 18.1 Å². The third-order valence-corrected chi connectivity index (χ3v) is 5.94. The number of nitrogens with one attached hydrogen (secondary N) is 2. The number of aromatic nitrogens is 3. The SMILES string of the molecule is CCCc1n[nH]c(=S)n1NCc1cc(Br)c(OCc2c(Cl)cccc2Cl)c(OC)c1. The van der Waals surface area contributed by atoms with Crippen molar-refractivity contribution >= 4 is 51.3 Å². The number of methoxy groups -OCH3 is 1. The number of hydrogen-bond acceptors (Lipinski definition) is 5. The average Bonchev–Trinajstić information content (AvgIpc) is 3.06. The first-order chi connectivity index (χ1) is 14.4. The van der Waals surface area contributed by atoms with Crippen molar-refractivity contribution in [3.05, 3.63) is 66.6 Å². The van der Waals surface area contributed by atoms with Gasteiger partial charge in [0.1, 0.15) is 6.61 Å². The molecule has 160 valence electrons. The van der Waals surface area contributed by atoms with E-state index in [2.05, 4.69) is 38.5 Å². The minimum absolute atomic E-state index is 0.218. The predicted octanol–water partition coefficient (Wildman–Crippen LogP) is 6.29. The van der Waals surface area contributed by atoms with E-state index in [1.165, 1.54) is 0 Å². The molecule has 0 amide bonds. The molecule has 2 N–H and O–H groups in total. The van der Waals surface area contributed by atoms with Crippen molar-refractivity contribution in [2.45, 2.75) is 32.9 Å². The number of halogens is 3. The molecule has 0 fully saturated rings. The Labute approximate surface area is 198 Å². The van der Waals surface area contributed by atoms with Crippen LogP contribution in [0.15, 0.2) is 34.8 Å². The van der Waals surface area contributed by atoms with Gasteiger partial charge in [-0.05, 0) is 64.4 Å². The van der Waals surface area contributed by atoms with E-state index < -0.39 is 0 Å². The lowest BCUT2D eigenvalue weighted by molar-refractivity contribution is 0.282. The molecule has 0 aliphatic rings. The highest BCUT2D eigenvalue weighted by molar-refractivity contribution is 9.10. The fourth-order valence-electron chi connectivity index (χ4n) is 2.88. The molecule has 3 rings (SSSR count). The zero-order valence-corrected chi connectivity index (χ0v) is 20.4. The summed E-state index contributed by atoms with van der Waals surface area (Å²) >= 11 is 21.4. The van der Waals surface area contributed by atoms with Crippen LogP contribution in [0.5, 0.6) is 11.5 Å². The molecule has 0 aliphatic carbocycles. The molecule has 0 atom stereocenters. The Morgan fingerprint density at radius 2 is 2.00 bits per heavy atom. The van der Waals surface area contributed by atoms with Gasteiger partial charge in [-0.1, -0.05) is 36.2 Å². The van der Waals surface area contributed by atoms with Crippen molar-refractivity contribution in [2.75, 3.05) is 12.5 Å². The highest BCUT2D eigenvalue weighted by atomic mass is 79.9. The molecular weight excluding hydrogens is 511 g/mol. The number of aromatic amines is 1. The van der Waals surface area contributed by atoms with Crippen LogP contribution < -0.4 is 14.9 Å². The second-order valence-corrected chi connectivity index (χ2v) is 8.52. The zero-order valence-electron chi connectivity index (χ0n) is 16.5. The lowest BCUT2D eigenvalue weighted by Gasteiger charge is -2.16. The quantitative estimate of drug-likeness (QED) is 0.317. The van der Waals surface area contributed by atoms with Crippen molar-refractivity contribution in [2.24, 2.45) is 0 Å². The van der Waals surface area contributed by atoms with Crippen LogP contribution >= 0.6 is 51.3 Å². The highest BCUT2D eigenvalue weighted by Gasteiger charge is 2.15. The van der Waals surface area contributed by atoms with Crippen LogP contribution in [0.2, 0.25) is 10.0 Å². The molecule has 0 unspecified atom stereocenters. The van der Waals surface area contributed by atoms with Crippen molar-refractivity contribution in [1.29, 1.82) is 0 Å². The van der Waals surface area contributed by atoms with Gasteiger partial charge in [0.2, 0.25) is 4.77 Å². The average molecular weight is 532 g/mol. The fourth-order valence-corrected chi connectivity index (χ4v) is 4.21. The molecule has 3 aromatic rings. The Morgan fingerprint density at radius 3 is 2.67 bits per heavy atom. The smallest absolute Gasteiger partial charge is 0.214 e. The Bertz CT molecular complexity index is 1070. The highest BCUT2D eigenvalue weighted by Crippen LogP contribution is 2.38. The topological polar surface area (TPSA) is 64.1 Å². The Morgan fingerprint density at radius 1 is 1.27 bits per heavy atom. The Hall–Kier alpha value is -1.74. The van der Waals surface area contributed by atoms with E-state index in [4.69, 9.17) is 44.9 Å². The van der Waals surface area contributed by atoms with Crippen LogP contribution in [0.3, 0.4) is 0 Å². The first kappa shape index (κ1) is 22.9. The van der Waals surface area contributed by atoms with E-state index >= 15 is 0 Å². The van der Waals surface area contributed by atoms with Gasteiger partial charge >= 0.3 is 0 Å². The van der Waals surface area contributed by atoms with Gasteiger partial charge < -0.3 is 14.9 Å². The summed E-state index contributed by atoms with van der Waals surface area (Å²) in [7, 11) is 1.60. The number of hydrogen-bond donors (Lipinski definition) is 2. The monoisotopic (exact) mass is 530 g/mol. The summed E-state index contributed by atoms with van der Waals surface area (Å²) in [4.78, 5) is 0. The third kappa shape index (κ3) is 5.29. The minimum Gasteiger partial charge on any atom is -0.493 e. The molecule has 0 radical (unpaired) electrons. The molecule has 2 aromatic carbocycles. The van der Waals surface area contributed by atoms with Gasteiger partial charge in [-0.2, -0.15) is 5.10 Å². The number of rotatable bonds is 9. The first-order valence-electron chi connectivity index (χ1n) is 9.26. The number of benzene rings is 2. The summed E-state index contributed by atoms with van der Waals surface area (Å²) < 4.78 is 14.6. The maximum atomic E-state index is 6.24. The van der Waals surface area contributed by atoms with Crippen LogP contribution in [0.25, 0.3) is 0 Å². The zero-order chi connectivity index (χ0) is 21.7. The number of H-pyrrole nitrogens is 1. The van der Waals surface area contributed by atoms with Crippen molar-refractivity contribution in [1.82, 2.24) is 14.9 Å². The van der Waals surface area contributed by atoms with Crippen molar-refractivity contribution in [3.8, 4) is 11.5 Å². The fraction of sp³-hybridized carbons (Fsp3) is 0.300. The van der Waals surface area contributed by atoms with Crippen LogP contribution in [-0.4, -0.2) is 22.0 Å². The largest absolute Gasteiger partial charge is 0.493 e. The van der Waals surface area contributed by atoms with Gasteiger partial charge in [0.25, 0.3) is 0 Å². The normalized spacial score (nSPS) is 10.8. The summed E-state index contributed by atoms with van der Waals surface area (Å²) in [6, 6.07) is 9.22. The molecule has 1 heterocycles. The Balaban J connectivity index is 1.77. The van der Waals surface area contributed by atoms with Crippen LogP contribution in [0.1, 0.15) is 30.3 Å². The molecule has 0 saturated carbocycles. The summed E-state index contributed by atoms with van der Waals surface area (Å²) in [5.41, 5.74) is 5.00. The predicted molar refractivity (Wildman–Crippen MR) is 126 cm³/mol. The standard InChI is InChI=1S/C20H21BrCl2N4O2S/c1-3-5-18-25-26-20(30)27(18)24-10-12-8-14(21)19(17(9-12)28-2)29-11-13-15(22)6-4-7-16(13)23/h4,6-9,24H,3,5,10-11H2,1-2H3,(H,26,30). The first-order valence-corrected chi connectivity index (χ1v) is 11.2. The molecule has 0 bridgehead atoms. The summed E-state index contributed by atoms with van der Waals surface area (Å²) in [5, 5.41) is 8.19. The van der Waals surface area contributed by atoms with Gasteiger partial charge in [-0.15, -0.1) is 0 Å². The lowest BCUT2D eigenvalue weighted by Crippen LogP contribution is -2.17. The van der Waals surface area contributed by atoms with Crippen LogP contribution in [-0.2, 0) is 19.6 Å². The molecule has 0 aliphatic heterocycles. The van der Waals surface area contributed by atoms with Crippen molar-refractivity contribution < 1.29 is 9.47 Å². The summed E-state index contributed by atoms with van der Waals surface area (Å²) in [5.74, 6) is 2.03. The third-order valence-electron chi connectivity index (χ3n) is 4.37. The molecule has 6 nitrogen and oxygen atoms in total. The van der Waals surface area contributed by atoms with E-state index in [0.717, 1.165) is 34.3 Å². The maximum absolute atomic E-state index is 6.24. The second kappa shape index (κ2) is 10.5. The second-order valence-electron chi connectivity index (χ2n) is 6.46. The molecule has 30 heavy (non-hydrogen) atoms. The van der Waals surface area contributed by atoms with E-state index in [-0.39, 0.29) is 6.61 Å². The van der Waals surface area contributed by atoms with E-state index in [0.29, 0.717) is 32.9 Å². The van der Waals surface area contributed by atoms with Crippen LogP contribution in [0.4, 0.5) is 0 Å². The number of aryl methyl sites for hydroxylation is 1. The van der Waals surface area contributed by atoms with E-state index in [1.807, 2.05) is 12.1 Å². The van der Waals surface area contributed by atoms with Gasteiger partial charge in [0, 0.05) is 22.0 Å². The molecule has 0 spiro atoms.